The number of hydrogen-bond acceptors (Lipinski definition) is 5. The molecule has 0 spiro atoms. The topological polar surface area (TPSA) is 81.7 Å². The van der Waals surface area contributed by atoms with Crippen LogP contribution in [0.3, 0.4) is 0 Å². The molecule has 0 aromatic carbocycles. The van der Waals surface area contributed by atoms with Crippen molar-refractivity contribution >= 4 is 17.8 Å². The highest BCUT2D eigenvalue weighted by Crippen LogP contribution is 2.24. The number of carbonyl (C=O) groups is 3. The molecule has 1 rings (SSSR count). The molecule has 18 heavy (non-hydrogen) atoms. The van der Waals surface area contributed by atoms with Crippen molar-refractivity contribution in [1.82, 2.24) is 5.32 Å². The summed E-state index contributed by atoms with van der Waals surface area (Å²) >= 11 is 0. The van der Waals surface area contributed by atoms with Gasteiger partial charge in [0.2, 0.25) is 0 Å². The molecule has 0 aromatic heterocycles. The Kier molecular flexibility index (Phi) is 4.32. The second kappa shape index (κ2) is 5.37. The van der Waals surface area contributed by atoms with Crippen LogP contribution in [0.1, 0.15) is 33.6 Å². The molecule has 1 aliphatic carbocycles. The van der Waals surface area contributed by atoms with Gasteiger partial charge in [-0.05, 0) is 27.2 Å². The smallest absolute Gasteiger partial charge is 0.408 e. The average Bonchev–Trinajstić information content (AvgIpc) is 2.57. The Hall–Kier alpha value is -1.59. The number of ketones is 1. The van der Waals surface area contributed by atoms with E-state index in [0.717, 1.165) is 0 Å². The van der Waals surface area contributed by atoms with Crippen LogP contribution >= 0.6 is 0 Å². The molecule has 0 unspecified atom stereocenters. The van der Waals surface area contributed by atoms with E-state index in [4.69, 9.17) is 4.74 Å². The number of methoxy groups -OCH3 is 1. The van der Waals surface area contributed by atoms with E-state index in [-0.39, 0.29) is 12.2 Å². The molecule has 1 aliphatic rings. The number of rotatable bonds is 2. The molecule has 1 amide bonds. The maximum Gasteiger partial charge on any atom is 0.408 e. The normalized spacial score (nSPS) is 23.7. The lowest BCUT2D eigenvalue weighted by atomic mass is 10.0. The van der Waals surface area contributed by atoms with Crippen molar-refractivity contribution < 1.29 is 23.9 Å². The van der Waals surface area contributed by atoms with Crippen molar-refractivity contribution in [2.45, 2.75) is 45.3 Å². The average molecular weight is 257 g/mol. The Labute approximate surface area is 106 Å². The van der Waals surface area contributed by atoms with Crippen LogP contribution in [0.4, 0.5) is 4.79 Å². The molecule has 6 heteroatoms. The first-order valence-electron chi connectivity index (χ1n) is 5.84. The third-order valence-corrected chi connectivity index (χ3v) is 2.63. The van der Waals surface area contributed by atoms with Gasteiger partial charge in [0.25, 0.3) is 0 Å². The fourth-order valence-electron chi connectivity index (χ4n) is 1.87. The van der Waals surface area contributed by atoms with E-state index in [1.165, 1.54) is 7.11 Å². The number of hydrogen-bond donors (Lipinski definition) is 1. The molecule has 1 fully saturated rings. The highest BCUT2D eigenvalue weighted by molar-refractivity contribution is 5.95. The summed E-state index contributed by atoms with van der Waals surface area (Å²) in [6, 6.07) is -0.840. The predicted molar refractivity (Wildman–Crippen MR) is 62.9 cm³/mol. The number of esters is 1. The predicted octanol–water partition coefficient (Wildman–Crippen LogP) is 1.03. The third-order valence-electron chi connectivity index (χ3n) is 2.63. The van der Waals surface area contributed by atoms with Gasteiger partial charge in [-0.3, -0.25) is 9.59 Å². The summed E-state index contributed by atoms with van der Waals surface area (Å²) in [5.74, 6) is -1.27. The van der Waals surface area contributed by atoms with Gasteiger partial charge in [0, 0.05) is 6.42 Å². The molecule has 0 saturated heterocycles. The van der Waals surface area contributed by atoms with Crippen molar-refractivity contribution in [3.8, 4) is 0 Å². The summed E-state index contributed by atoms with van der Waals surface area (Å²) < 4.78 is 9.67. The summed E-state index contributed by atoms with van der Waals surface area (Å²) in [5, 5.41) is 2.44. The number of alkyl carbamates (subject to hydrolysis) is 1. The van der Waals surface area contributed by atoms with Gasteiger partial charge in [0.15, 0.2) is 5.78 Å². The Morgan fingerprint density at radius 2 is 1.94 bits per heavy atom. The fourth-order valence-corrected chi connectivity index (χ4v) is 1.87. The lowest BCUT2D eigenvalue weighted by Crippen LogP contribution is -2.46. The summed E-state index contributed by atoms with van der Waals surface area (Å²) in [4.78, 5) is 34.7. The van der Waals surface area contributed by atoms with E-state index in [0.29, 0.717) is 6.42 Å². The van der Waals surface area contributed by atoms with Gasteiger partial charge in [0.1, 0.15) is 11.6 Å². The van der Waals surface area contributed by atoms with Crippen molar-refractivity contribution in [2.75, 3.05) is 7.11 Å². The fraction of sp³-hybridized carbons (Fsp3) is 0.750. The zero-order valence-electron chi connectivity index (χ0n) is 11.1. The van der Waals surface area contributed by atoms with Crippen molar-refractivity contribution in [1.29, 1.82) is 0 Å². The number of ether oxygens (including phenoxy) is 2. The first-order valence-corrected chi connectivity index (χ1v) is 5.84. The maximum atomic E-state index is 11.6. The van der Waals surface area contributed by atoms with Crippen LogP contribution in [0.25, 0.3) is 0 Å². The number of carbonyl (C=O) groups excluding carboxylic acids is 3. The second-order valence-corrected chi connectivity index (χ2v) is 5.26. The minimum absolute atomic E-state index is 0.170. The Morgan fingerprint density at radius 3 is 2.44 bits per heavy atom. The molecule has 0 radical (unpaired) electrons. The Morgan fingerprint density at radius 1 is 1.33 bits per heavy atom. The lowest BCUT2D eigenvalue weighted by Gasteiger charge is -2.23. The molecular formula is C12H19NO5. The SMILES string of the molecule is COC(=O)[C@@H]1CCC(=O)[C@@H]1NC(=O)OC(C)(C)C. The first-order chi connectivity index (χ1) is 8.24. The van der Waals surface area contributed by atoms with E-state index in [1.807, 2.05) is 0 Å². The number of Topliss-reactive ketones (excluding diaryl/α,β-unsaturated/α-hetero) is 1. The standard InChI is InChI=1S/C12H19NO5/c1-12(2,3)18-11(16)13-9-7(10(15)17-4)5-6-8(9)14/h7,9H,5-6H2,1-4H3,(H,13,16)/t7-,9-/m1/s1. The molecule has 0 aliphatic heterocycles. The minimum Gasteiger partial charge on any atom is -0.469 e. The molecule has 1 N–H and O–H groups in total. The first kappa shape index (κ1) is 14.5. The van der Waals surface area contributed by atoms with Gasteiger partial charge in [-0.15, -0.1) is 0 Å². The molecule has 0 bridgehead atoms. The number of amides is 1. The van der Waals surface area contributed by atoms with Gasteiger partial charge in [-0.25, -0.2) is 4.79 Å². The Balaban J connectivity index is 2.65. The van der Waals surface area contributed by atoms with Crippen molar-refractivity contribution in [3.05, 3.63) is 0 Å². The summed E-state index contributed by atoms with van der Waals surface area (Å²) in [5.41, 5.74) is -0.646. The molecule has 0 aromatic rings. The monoisotopic (exact) mass is 257 g/mol. The van der Waals surface area contributed by atoms with Crippen molar-refractivity contribution in [2.24, 2.45) is 5.92 Å². The van der Waals surface area contributed by atoms with Gasteiger partial charge in [-0.1, -0.05) is 0 Å². The molecule has 0 heterocycles. The quantitative estimate of drug-likeness (QED) is 0.747. The van der Waals surface area contributed by atoms with Crippen LogP contribution in [0.5, 0.6) is 0 Å². The molecule has 6 nitrogen and oxygen atoms in total. The zero-order valence-corrected chi connectivity index (χ0v) is 11.1. The third kappa shape index (κ3) is 3.72. The van der Waals surface area contributed by atoms with Gasteiger partial charge in [0.05, 0.1) is 13.0 Å². The van der Waals surface area contributed by atoms with Crippen LogP contribution in [-0.4, -0.2) is 36.6 Å². The molecule has 1 saturated carbocycles. The van der Waals surface area contributed by atoms with E-state index >= 15 is 0 Å². The summed E-state index contributed by atoms with van der Waals surface area (Å²) in [7, 11) is 1.26. The summed E-state index contributed by atoms with van der Waals surface area (Å²) in [6.45, 7) is 5.17. The highest BCUT2D eigenvalue weighted by Gasteiger charge is 2.41. The molecular weight excluding hydrogens is 238 g/mol. The van der Waals surface area contributed by atoms with Crippen LogP contribution in [0.15, 0.2) is 0 Å². The second-order valence-electron chi connectivity index (χ2n) is 5.26. The molecule has 2 atom stereocenters. The van der Waals surface area contributed by atoms with E-state index < -0.39 is 29.6 Å². The van der Waals surface area contributed by atoms with Gasteiger partial charge >= 0.3 is 12.1 Å². The molecule has 102 valence electrons. The van der Waals surface area contributed by atoms with Crippen LogP contribution in [0, 0.1) is 5.92 Å². The zero-order chi connectivity index (χ0) is 13.9. The highest BCUT2D eigenvalue weighted by atomic mass is 16.6. The van der Waals surface area contributed by atoms with Crippen LogP contribution < -0.4 is 5.32 Å². The van der Waals surface area contributed by atoms with Crippen LogP contribution in [0.2, 0.25) is 0 Å². The lowest BCUT2D eigenvalue weighted by molar-refractivity contribution is -0.146. The summed E-state index contributed by atoms with van der Waals surface area (Å²) in [6.07, 6.45) is -0.0386. The number of nitrogens with one attached hydrogen (secondary N) is 1. The van der Waals surface area contributed by atoms with E-state index in [2.05, 4.69) is 10.1 Å². The van der Waals surface area contributed by atoms with Gasteiger partial charge in [-0.2, -0.15) is 0 Å². The largest absolute Gasteiger partial charge is 0.469 e. The van der Waals surface area contributed by atoms with Gasteiger partial charge < -0.3 is 14.8 Å². The maximum absolute atomic E-state index is 11.6. The minimum atomic E-state index is -0.840. The van der Waals surface area contributed by atoms with Crippen molar-refractivity contribution in [3.63, 3.8) is 0 Å². The van der Waals surface area contributed by atoms with Crippen LogP contribution in [-0.2, 0) is 19.1 Å². The Bertz CT molecular complexity index is 358. The van der Waals surface area contributed by atoms with E-state index in [9.17, 15) is 14.4 Å². The van der Waals surface area contributed by atoms with E-state index in [1.54, 1.807) is 20.8 Å².